The average Bonchev–Trinajstić information content (AvgIpc) is 3.06. The standard InChI is InChI=1S/C24H24N2O4S/c1-4-13-18-14(10-24(2,3)11-15(18)27)26-23-19(13)20(25)22(31-23)21(28)12-5-6-16-17(9-12)30-8-7-29-16/h5-6,9H,4,7-8,10-11,25H2,1-3H3. The van der Waals surface area contributed by atoms with Crippen molar-refractivity contribution in [3.8, 4) is 11.5 Å². The third-order valence-corrected chi connectivity index (χ3v) is 7.08. The highest BCUT2D eigenvalue weighted by Crippen LogP contribution is 2.43. The summed E-state index contributed by atoms with van der Waals surface area (Å²) in [6.45, 7) is 7.14. The summed E-state index contributed by atoms with van der Waals surface area (Å²) in [5, 5.41) is 0.750. The molecule has 0 unspecified atom stereocenters. The van der Waals surface area contributed by atoms with E-state index in [1.807, 2.05) is 6.92 Å². The first-order chi connectivity index (χ1) is 14.8. The van der Waals surface area contributed by atoms with Crippen molar-refractivity contribution in [3.05, 3.63) is 45.5 Å². The molecule has 0 bridgehead atoms. The molecule has 160 valence electrons. The van der Waals surface area contributed by atoms with Crippen molar-refractivity contribution in [1.82, 2.24) is 4.98 Å². The number of hydrogen-bond donors (Lipinski definition) is 1. The smallest absolute Gasteiger partial charge is 0.205 e. The summed E-state index contributed by atoms with van der Waals surface area (Å²) in [5.74, 6) is 1.13. The molecule has 1 aromatic carbocycles. The van der Waals surface area contributed by atoms with Gasteiger partial charge in [-0.2, -0.15) is 0 Å². The fourth-order valence-corrected chi connectivity index (χ4v) is 5.72. The van der Waals surface area contributed by atoms with Crippen molar-refractivity contribution in [2.45, 2.75) is 40.0 Å². The van der Waals surface area contributed by atoms with Gasteiger partial charge in [-0.15, -0.1) is 11.3 Å². The highest BCUT2D eigenvalue weighted by molar-refractivity contribution is 7.21. The van der Waals surface area contributed by atoms with E-state index < -0.39 is 0 Å². The molecule has 0 fully saturated rings. The number of nitrogen functional groups attached to an aromatic ring is 1. The van der Waals surface area contributed by atoms with E-state index in [9.17, 15) is 9.59 Å². The molecule has 0 radical (unpaired) electrons. The van der Waals surface area contributed by atoms with Crippen LogP contribution in [0.1, 0.15) is 64.0 Å². The van der Waals surface area contributed by atoms with E-state index in [2.05, 4.69) is 13.8 Å². The summed E-state index contributed by atoms with van der Waals surface area (Å²) in [7, 11) is 0. The van der Waals surface area contributed by atoms with E-state index in [-0.39, 0.29) is 17.0 Å². The first-order valence-corrected chi connectivity index (χ1v) is 11.3. The number of hydrogen-bond acceptors (Lipinski definition) is 7. The minimum Gasteiger partial charge on any atom is -0.486 e. The van der Waals surface area contributed by atoms with Gasteiger partial charge < -0.3 is 15.2 Å². The third kappa shape index (κ3) is 3.19. The second-order valence-corrected chi connectivity index (χ2v) is 9.92. The number of aryl methyl sites for hydroxylation is 1. The zero-order valence-electron chi connectivity index (χ0n) is 17.8. The summed E-state index contributed by atoms with van der Waals surface area (Å²) < 4.78 is 11.2. The molecule has 1 aliphatic carbocycles. The van der Waals surface area contributed by atoms with Crippen LogP contribution in [0, 0.1) is 5.41 Å². The lowest BCUT2D eigenvalue weighted by atomic mass is 9.74. The molecule has 0 saturated heterocycles. The highest BCUT2D eigenvalue weighted by Gasteiger charge is 2.35. The van der Waals surface area contributed by atoms with Crippen LogP contribution in [0.15, 0.2) is 18.2 Å². The Labute approximate surface area is 184 Å². The summed E-state index contributed by atoms with van der Waals surface area (Å²) in [5.41, 5.74) is 9.72. The maximum Gasteiger partial charge on any atom is 0.205 e. The second kappa shape index (κ2) is 7.05. The van der Waals surface area contributed by atoms with Gasteiger partial charge in [-0.25, -0.2) is 4.98 Å². The number of nitrogens with two attached hydrogens (primary N) is 1. The first-order valence-electron chi connectivity index (χ1n) is 10.5. The van der Waals surface area contributed by atoms with Crippen LogP contribution in [0.5, 0.6) is 11.5 Å². The van der Waals surface area contributed by atoms with Crippen LogP contribution in [0.25, 0.3) is 10.2 Å². The number of ether oxygens (including phenoxy) is 2. The van der Waals surface area contributed by atoms with Crippen LogP contribution < -0.4 is 15.2 Å². The van der Waals surface area contributed by atoms with Crippen LogP contribution in [-0.2, 0) is 12.8 Å². The number of carbonyl (C=O) groups excluding carboxylic acids is 2. The number of benzene rings is 1. The molecule has 2 N–H and O–H groups in total. The monoisotopic (exact) mass is 436 g/mol. The zero-order chi connectivity index (χ0) is 21.9. The molecule has 5 rings (SSSR count). The van der Waals surface area contributed by atoms with E-state index in [1.165, 1.54) is 11.3 Å². The van der Waals surface area contributed by atoms with Crippen molar-refractivity contribution >= 4 is 38.8 Å². The molecule has 1 aliphatic heterocycles. The number of nitrogens with zero attached hydrogens (tertiary/aromatic N) is 1. The molecule has 0 atom stereocenters. The van der Waals surface area contributed by atoms with Crippen molar-refractivity contribution in [2.24, 2.45) is 5.41 Å². The number of Topliss-reactive ketones (excluding diaryl/α,β-unsaturated/α-hetero) is 1. The first kappa shape index (κ1) is 20.0. The quantitative estimate of drug-likeness (QED) is 0.604. The minimum atomic E-state index is -0.177. The van der Waals surface area contributed by atoms with Crippen LogP contribution in [0.2, 0.25) is 0 Å². The summed E-state index contributed by atoms with van der Waals surface area (Å²) in [6.07, 6.45) is 1.89. The fraction of sp³-hybridized carbons (Fsp3) is 0.375. The van der Waals surface area contributed by atoms with E-state index in [0.717, 1.165) is 27.9 Å². The van der Waals surface area contributed by atoms with E-state index in [4.69, 9.17) is 20.2 Å². The average molecular weight is 437 g/mol. The highest BCUT2D eigenvalue weighted by atomic mass is 32.1. The number of anilines is 1. The zero-order valence-corrected chi connectivity index (χ0v) is 18.6. The lowest BCUT2D eigenvalue weighted by molar-refractivity contribution is 0.0909. The van der Waals surface area contributed by atoms with Crippen molar-refractivity contribution in [3.63, 3.8) is 0 Å². The molecular formula is C24H24N2O4S. The van der Waals surface area contributed by atoms with Crippen molar-refractivity contribution in [1.29, 1.82) is 0 Å². The second-order valence-electron chi connectivity index (χ2n) is 8.92. The number of thiophene rings is 1. The Morgan fingerprint density at radius 2 is 1.94 bits per heavy atom. The Kier molecular flexibility index (Phi) is 4.55. The Morgan fingerprint density at radius 1 is 1.19 bits per heavy atom. The van der Waals surface area contributed by atoms with Crippen LogP contribution in [-0.4, -0.2) is 29.8 Å². The van der Waals surface area contributed by atoms with Gasteiger partial charge in [-0.05, 0) is 42.0 Å². The molecule has 0 spiro atoms. The SMILES string of the molecule is CCc1c2c(nc3sc(C(=O)c4ccc5c(c4)OCCO5)c(N)c13)CC(C)(C)CC2=O. The number of ketones is 2. The van der Waals surface area contributed by atoms with Gasteiger partial charge in [0.05, 0.1) is 11.4 Å². The number of fused-ring (bicyclic) bond motifs is 3. The fourth-order valence-electron chi connectivity index (χ4n) is 4.61. The molecule has 3 aromatic rings. The van der Waals surface area contributed by atoms with Crippen LogP contribution in [0.3, 0.4) is 0 Å². The maximum absolute atomic E-state index is 13.4. The summed E-state index contributed by atoms with van der Waals surface area (Å²) in [6, 6.07) is 5.18. The van der Waals surface area contributed by atoms with Gasteiger partial charge in [0.2, 0.25) is 5.78 Å². The molecule has 6 nitrogen and oxygen atoms in total. The molecule has 2 aromatic heterocycles. The van der Waals surface area contributed by atoms with Gasteiger partial charge >= 0.3 is 0 Å². The predicted molar refractivity (Wildman–Crippen MR) is 121 cm³/mol. The number of rotatable bonds is 3. The lowest BCUT2D eigenvalue weighted by Crippen LogP contribution is -2.29. The molecule has 3 heterocycles. The van der Waals surface area contributed by atoms with Gasteiger partial charge in [-0.1, -0.05) is 20.8 Å². The Hall–Kier alpha value is -2.93. The van der Waals surface area contributed by atoms with E-state index >= 15 is 0 Å². The molecule has 0 amide bonds. The molecule has 31 heavy (non-hydrogen) atoms. The van der Waals surface area contributed by atoms with Gasteiger partial charge in [-0.3, -0.25) is 9.59 Å². The van der Waals surface area contributed by atoms with Gasteiger partial charge in [0.1, 0.15) is 22.9 Å². The summed E-state index contributed by atoms with van der Waals surface area (Å²) in [4.78, 5) is 32.3. The van der Waals surface area contributed by atoms with E-state index in [0.29, 0.717) is 59.2 Å². The number of carbonyl (C=O) groups is 2. The normalized spacial score (nSPS) is 16.9. The Morgan fingerprint density at radius 3 is 2.68 bits per heavy atom. The molecular weight excluding hydrogens is 412 g/mol. The third-order valence-electron chi connectivity index (χ3n) is 5.98. The number of pyridine rings is 1. The van der Waals surface area contributed by atoms with E-state index in [1.54, 1.807) is 18.2 Å². The van der Waals surface area contributed by atoms with Gasteiger partial charge in [0, 0.05) is 22.9 Å². The summed E-state index contributed by atoms with van der Waals surface area (Å²) >= 11 is 1.30. The van der Waals surface area contributed by atoms with Crippen molar-refractivity contribution < 1.29 is 19.1 Å². The predicted octanol–water partition coefficient (Wildman–Crippen LogP) is 4.60. The molecule has 7 heteroatoms. The minimum absolute atomic E-state index is 0.114. The van der Waals surface area contributed by atoms with Gasteiger partial charge in [0.15, 0.2) is 17.3 Å². The van der Waals surface area contributed by atoms with Gasteiger partial charge in [0.25, 0.3) is 0 Å². The van der Waals surface area contributed by atoms with Crippen molar-refractivity contribution in [2.75, 3.05) is 18.9 Å². The Bertz CT molecular complexity index is 1260. The van der Waals surface area contributed by atoms with Crippen LogP contribution >= 0.6 is 11.3 Å². The largest absolute Gasteiger partial charge is 0.486 e. The lowest BCUT2D eigenvalue weighted by Gasteiger charge is -2.30. The molecule has 2 aliphatic rings. The molecule has 0 saturated carbocycles. The van der Waals surface area contributed by atoms with Crippen LogP contribution in [0.4, 0.5) is 5.69 Å². The Balaban J connectivity index is 1.65. The maximum atomic E-state index is 13.4. The number of aromatic nitrogens is 1. The topological polar surface area (TPSA) is 91.5 Å².